The predicted octanol–water partition coefficient (Wildman–Crippen LogP) is 0.585. The van der Waals surface area contributed by atoms with Gasteiger partial charge < -0.3 is 11.9 Å². The summed E-state index contributed by atoms with van der Waals surface area (Å²) in [4.78, 5) is 8.33. The van der Waals surface area contributed by atoms with Gasteiger partial charge in [0.15, 0.2) is 0 Å². The molecule has 1 N–H and O–H groups in total. The van der Waals surface area contributed by atoms with Crippen molar-refractivity contribution in [2.45, 2.75) is 0 Å². The summed E-state index contributed by atoms with van der Waals surface area (Å²) in [6, 6.07) is 0. The van der Waals surface area contributed by atoms with Gasteiger partial charge in [-0.3, -0.25) is 10.1 Å². The fourth-order valence-corrected chi connectivity index (χ4v) is 0.0527. The molecule has 0 rings (SSSR count). The summed E-state index contributed by atoms with van der Waals surface area (Å²) in [5.41, 5.74) is 6.06. The molecule has 0 atom stereocenters. The Balaban J connectivity index is 0. The van der Waals surface area contributed by atoms with E-state index in [2.05, 4.69) is 14.1 Å². The van der Waals surface area contributed by atoms with Crippen LogP contribution in [0, 0.1) is 16.3 Å². The van der Waals surface area contributed by atoms with Gasteiger partial charge in [-0.1, -0.05) is 0 Å². The van der Waals surface area contributed by atoms with E-state index in [0.717, 1.165) is 0 Å². The molecular weight excluding hydrogens is 319 g/mol. The second-order valence-corrected chi connectivity index (χ2v) is 0.531. The van der Waals surface area contributed by atoms with E-state index >= 15 is 0 Å². The number of hydrogen-bond donors (Lipinski definition) is 0. The van der Waals surface area contributed by atoms with Crippen molar-refractivity contribution in [1.82, 2.24) is 0 Å². The zero-order valence-electron chi connectivity index (χ0n) is 3.70. The molecule has 0 heterocycles. The van der Waals surface area contributed by atoms with E-state index in [1.54, 1.807) is 0 Å². The first-order valence-corrected chi connectivity index (χ1v) is 7.33. The fraction of sp³-hybridized carbons (Fsp3) is 0. The van der Waals surface area contributed by atoms with Crippen molar-refractivity contribution in [3.05, 3.63) is 28.2 Å². The maximum atomic E-state index is 9.14. The molecule has 0 aromatic heterocycles. The van der Waals surface area contributed by atoms with Crippen molar-refractivity contribution in [1.29, 1.82) is 0 Å². The normalized spacial score (nSPS) is 7.38. The Bertz CT molecular complexity index is 96.0. The second-order valence-electron chi connectivity index (χ2n) is 0.531. The van der Waals surface area contributed by atoms with E-state index in [4.69, 9.17) is 15.8 Å². The van der Waals surface area contributed by atoms with E-state index in [0.29, 0.717) is 6.20 Å². The monoisotopic (exact) mass is 321 g/mol. The molecule has 45 valence electrons. The Morgan fingerprint density at radius 1 is 1.88 bits per heavy atom. The van der Waals surface area contributed by atoms with Crippen LogP contribution in [-0.2, 0) is 30.9 Å². The van der Waals surface area contributed by atoms with Crippen molar-refractivity contribution in [2.24, 2.45) is 0 Å². The molecule has 0 saturated heterocycles. The van der Waals surface area contributed by atoms with Gasteiger partial charge in [-0.15, -0.1) is 11.1 Å². The number of hydrogen-bond acceptors (Lipinski definition) is 2. The third kappa shape index (κ3) is 16.4. The molecule has 0 saturated carbocycles. The molecule has 0 spiro atoms. The molecule has 0 aliphatic carbocycles. The standard InChI is InChI=1S/C2H2N2O2.V.W/c3-1-2-4(5)6;;/h1,3H;;/q-2;;. The van der Waals surface area contributed by atoms with Crippen LogP contribution in [0.15, 0.2) is 6.20 Å². The van der Waals surface area contributed by atoms with Crippen molar-refractivity contribution in [3.8, 4) is 0 Å². The number of nitrogens with zero attached hydrogens (tertiary/aromatic N) is 1. The maximum absolute atomic E-state index is 9.14. The first kappa shape index (κ1) is 11.1. The zero-order chi connectivity index (χ0) is 6.99. The van der Waals surface area contributed by atoms with Gasteiger partial charge in [0.1, 0.15) is 0 Å². The van der Waals surface area contributed by atoms with Gasteiger partial charge in [0.25, 0.3) is 0 Å². The summed E-state index contributed by atoms with van der Waals surface area (Å²) in [6.45, 7) is 0. The molecule has 0 aliphatic rings. The Hall–Kier alpha value is 0.213. The summed E-state index contributed by atoms with van der Waals surface area (Å²) in [7, 11) is 0. The van der Waals surface area contributed by atoms with Crippen molar-refractivity contribution < 1.29 is 35.8 Å². The fourth-order valence-electron chi connectivity index (χ4n) is 0.0527. The van der Waals surface area contributed by atoms with Gasteiger partial charge in [-0.2, -0.15) is 0 Å². The van der Waals surface area contributed by atoms with Gasteiger partial charge in [-0.25, -0.2) is 0 Å². The van der Waals surface area contributed by atoms with Crippen molar-refractivity contribution >= 4 is 0 Å². The summed E-state index contributed by atoms with van der Waals surface area (Å²) in [5.74, 6) is 0. The third-order valence-corrected chi connectivity index (χ3v) is 0.170. The van der Waals surface area contributed by atoms with Crippen molar-refractivity contribution in [3.63, 3.8) is 0 Å². The van der Waals surface area contributed by atoms with Gasteiger partial charge in [0.2, 0.25) is 0 Å². The molecule has 0 bridgehead atoms. The summed E-state index contributed by atoms with van der Waals surface area (Å²) >= 11 is 3.92. The van der Waals surface area contributed by atoms with E-state index in [1.165, 1.54) is 23.0 Å². The van der Waals surface area contributed by atoms with E-state index in [-0.39, 0.29) is 0 Å². The average molecular weight is 321 g/mol. The Morgan fingerprint density at radius 3 is 2.25 bits per heavy atom. The Morgan fingerprint density at radius 2 is 2.25 bits per heavy atom. The molecule has 6 heteroatoms. The van der Waals surface area contributed by atoms with E-state index in [1.807, 2.05) is 0 Å². The SMILES string of the molecule is [NH-]C=[C-][N+](=O)[O-].[V]=[W]. The molecule has 0 unspecified atom stereocenters. The Labute approximate surface area is 64.1 Å². The molecule has 4 nitrogen and oxygen atoms in total. The first-order chi connectivity index (χ1) is 3.77. The van der Waals surface area contributed by atoms with Crippen LogP contribution in [0.25, 0.3) is 5.73 Å². The van der Waals surface area contributed by atoms with E-state index < -0.39 is 4.92 Å². The van der Waals surface area contributed by atoms with Gasteiger partial charge in [0.05, 0.1) is 0 Å². The van der Waals surface area contributed by atoms with Crippen LogP contribution in [-0.4, -0.2) is 4.92 Å². The quantitative estimate of drug-likeness (QED) is 0.307. The molecule has 0 aromatic rings. The van der Waals surface area contributed by atoms with Crippen LogP contribution in [0.5, 0.6) is 0 Å². The molecule has 0 aliphatic heterocycles. The predicted molar refractivity (Wildman–Crippen MR) is 19.1 cm³/mol. The molecule has 0 radical (unpaired) electrons. The van der Waals surface area contributed by atoms with Gasteiger partial charge in [-0.05, 0) is 0 Å². The van der Waals surface area contributed by atoms with E-state index in [9.17, 15) is 0 Å². The molecular formula is C2H2N2O2VW-2. The second kappa shape index (κ2) is 10.2. The van der Waals surface area contributed by atoms with Crippen LogP contribution in [0.2, 0.25) is 0 Å². The Kier molecular flexibility index (Phi) is 14.2. The molecule has 8 heavy (non-hydrogen) atoms. The summed E-state index contributed by atoms with van der Waals surface area (Å²) < 4.78 is 0. The zero-order valence-corrected chi connectivity index (χ0v) is 8.03. The third-order valence-electron chi connectivity index (χ3n) is 0.170. The van der Waals surface area contributed by atoms with Crippen LogP contribution < -0.4 is 0 Å². The molecule has 0 aromatic carbocycles. The van der Waals surface area contributed by atoms with Gasteiger partial charge >= 0.3 is 30.9 Å². The average Bonchev–Trinajstić information content (AvgIpc) is 1.72. The summed E-state index contributed by atoms with van der Waals surface area (Å²) in [5, 5.41) is 9.14. The van der Waals surface area contributed by atoms with Crippen LogP contribution in [0.1, 0.15) is 0 Å². The van der Waals surface area contributed by atoms with Crippen LogP contribution in [0.3, 0.4) is 0 Å². The van der Waals surface area contributed by atoms with Crippen LogP contribution in [0.4, 0.5) is 0 Å². The van der Waals surface area contributed by atoms with Crippen molar-refractivity contribution in [2.75, 3.05) is 0 Å². The number of rotatable bonds is 1. The molecule has 0 amide bonds. The molecule has 0 fully saturated rings. The topological polar surface area (TPSA) is 66.9 Å². The van der Waals surface area contributed by atoms with Gasteiger partial charge in [0, 0.05) is 0 Å². The van der Waals surface area contributed by atoms with Crippen LogP contribution >= 0.6 is 0 Å². The minimum atomic E-state index is -0.812. The number of nitro groups is 1. The first-order valence-electron chi connectivity index (χ1n) is 1.35. The summed E-state index contributed by atoms with van der Waals surface area (Å²) in [6.07, 6.45) is 1.97. The number of nitrogens with one attached hydrogen (secondary N) is 1. The minimum absolute atomic E-state index is 0.500.